The smallest absolute Gasteiger partial charge is 0.162 e. The third kappa shape index (κ3) is 4.59. The number of aryl methyl sites for hydroxylation is 1. The van der Waals surface area contributed by atoms with Crippen LogP contribution in [0.25, 0.3) is 0 Å². The van der Waals surface area contributed by atoms with Gasteiger partial charge in [-0.1, -0.05) is 56.1 Å². The molecule has 0 fully saturated rings. The monoisotopic (exact) mass is 380 g/mol. The van der Waals surface area contributed by atoms with E-state index in [2.05, 4.69) is 44.0 Å². The Bertz CT molecular complexity index is 544. The minimum Gasteiger partial charge on any atom is -0.294 e. The predicted molar refractivity (Wildman–Crippen MR) is 85.6 cm³/mol. The van der Waals surface area contributed by atoms with Gasteiger partial charge in [0.2, 0.25) is 0 Å². The van der Waals surface area contributed by atoms with Crippen molar-refractivity contribution in [2.24, 2.45) is 0 Å². The van der Waals surface area contributed by atoms with Crippen LogP contribution in [0.4, 0.5) is 0 Å². The first-order valence-corrected chi connectivity index (χ1v) is 7.77. The first-order valence-electron chi connectivity index (χ1n) is 6.18. The molecular weight excluding hydrogens is 368 g/mol. The molecule has 2 aromatic rings. The second-order valence-electron chi connectivity index (χ2n) is 4.41. The molecule has 0 amide bonds. The summed E-state index contributed by atoms with van der Waals surface area (Å²) in [5.74, 6) is 0.213. The Hall–Kier alpha value is -0.930. The van der Waals surface area contributed by atoms with Gasteiger partial charge in [-0.15, -0.1) is 0 Å². The van der Waals surface area contributed by atoms with Crippen molar-refractivity contribution >= 4 is 37.6 Å². The fourth-order valence-corrected chi connectivity index (χ4v) is 2.41. The van der Waals surface area contributed by atoms with Gasteiger partial charge in [0.15, 0.2) is 5.78 Å². The van der Waals surface area contributed by atoms with Crippen molar-refractivity contribution in [3.05, 3.63) is 68.6 Å². The minimum atomic E-state index is 0.213. The van der Waals surface area contributed by atoms with E-state index in [4.69, 9.17) is 0 Å². The Kier molecular flexibility index (Phi) is 5.34. The molecule has 2 rings (SSSR count). The topological polar surface area (TPSA) is 17.1 Å². The maximum atomic E-state index is 12.0. The van der Waals surface area contributed by atoms with Crippen LogP contribution in [0.5, 0.6) is 0 Å². The highest BCUT2D eigenvalue weighted by atomic mass is 79.9. The number of hydrogen-bond donors (Lipinski definition) is 0. The average molecular weight is 382 g/mol. The molecule has 0 aliphatic rings. The maximum Gasteiger partial charge on any atom is 0.162 e. The molecule has 0 aromatic heterocycles. The van der Waals surface area contributed by atoms with E-state index >= 15 is 0 Å². The molecule has 0 saturated heterocycles. The Labute approximate surface area is 130 Å². The predicted octanol–water partition coefficient (Wildman–Crippen LogP) is 5.42. The summed E-state index contributed by atoms with van der Waals surface area (Å²) in [6.07, 6.45) is 2.42. The Morgan fingerprint density at radius 3 is 1.95 bits per heavy atom. The van der Waals surface area contributed by atoms with Gasteiger partial charge in [-0.2, -0.15) is 0 Å². The van der Waals surface area contributed by atoms with Gasteiger partial charge in [0, 0.05) is 20.9 Å². The quantitative estimate of drug-likeness (QED) is 0.632. The zero-order chi connectivity index (χ0) is 13.7. The maximum absolute atomic E-state index is 12.0. The van der Waals surface area contributed by atoms with Crippen LogP contribution >= 0.6 is 31.9 Å². The van der Waals surface area contributed by atoms with E-state index < -0.39 is 0 Å². The molecule has 0 bridgehead atoms. The Morgan fingerprint density at radius 2 is 1.37 bits per heavy atom. The third-order valence-corrected chi connectivity index (χ3v) is 4.01. The second-order valence-corrected chi connectivity index (χ2v) is 6.24. The van der Waals surface area contributed by atoms with Crippen LogP contribution in [0.1, 0.15) is 28.8 Å². The highest BCUT2D eigenvalue weighted by Crippen LogP contribution is 2.15. The summed E-state index contributed by atoms with van der Waals surface area (Å²) in [5.41, 5.74) is 2.06. The Balaban J connectivity index is 1.84. The fourth-order valence-electron chi connectivity index (χ4n) is 1.88. The molecule has 3 heteroatoms. The van der Waals surface area contributed by atoms with Gasteiger partial charge < -0.3 is 0 Å². The van der Waals surface area contributed by atoms with Crippen molar-refractivity contribution in [3.63, 3.8) is 0 Å². The van der Waals surface area contributed by atoms with Gasteiger partial charge in [-0.25, -0.2) is 0 Å². The van der Waals surface area contributed by atoms with E-state index in [1.165, 1.54) is 5.56 Å². The number of rotatable bonds is 5. The van der Waals surface area contributed by atoms with Gasteiger partial charge >= 0.3 is 0 Å². The van der Waals surface area contributed by atoms with Crippen molar-refractivity contribution in [1.82, 2.24) is 0 Å². The highest BCUT2D eigenvalue weighted by molar-refractivity contribution is 9.10. The van der Waals surface area contributed by atoms with Crippen LogP contribution < -0.4 is 0 Å². The van der Waals surface area contributed by atoms with Gasteiger partial charge in [-0.05, 0) is 42.7 Å². The number of benzene rings is 2. The van der Waals surface area contributed by atoms with E-state index in [0.717, 1.165) is 27.4 Å². The van der Waals surface area contributed by atoms with Crippen molar-refractivity contribution in [1.29, 1.82) is 0 Å². The summed E-state index contributed by atoms with van der Waals surface area (Å²) in [6.45, 7) is 0. The lowest BCUT2D eigenvalue weighted by Crippen LogP contribution is -1.99. The first-order chi connectivity index (χ1) is 9.15. The number of hydrogen-bond acceptors (Lipinski definition) is 1. The summed E-state index contributed by atoms with van der Waals surface area (Å²) in [4.78, 5) is 12.0. The molecule has 0 unspecified atom stereocenters. The van der Waals surface area contributed by atoms with E-state index in [1.54, 1.807) is 0 Å². The summed E-state index contributed by atoms with van der Waals surface area (Å²) in [6, 6.07) is 15.8. The third-order valence-electron chi connectivity index (χ3n) is 2.95. The van der Waals surface area contributed by atoms with Crippen molar-refractivity contribution in [2.75, 3.05) is 0 Å². The summed E-state index contributed by atoms with van der Waals surface area (Å²) < 4.78 is 2.08. The van der Waals surface area contributed by atoms with Crippen molar-refractivity contribution < 1.29 is 4.79 Å². The zero-order valence-electron chi connectivity index (χ0n) is 10.4. The molecule has 0 saturated carbocycles. The van der Waals surface area contributed by atoms with Gasteiger partial charge in [0.05, 0.1) is 0 Å². The van der Waals surface area contributed by atoms with E-state index in [0.29, 0.717) is 6.42 Å². The summed E-state index contributed by atoms with van der Waals surface area (Å²) >= 11 is 6.78. The number of ketones is 1. The fraction of sp³-hybridized carbons (Fsp3) is 0.188. The molecule has 0 aliphatic carbocycles. The van der Waals surface area contributed by atoms with Crippen LogP contribution in [0, 0.1) is 0 Å². The van der Waals surface area contributed by atoms with Gasteiger partial charge in [0.25, 0.3) is 0 Å². The summed E-state index contributed by atoms with van der Waals surface area (Å²) in [7, 11) is 0. The van der Waals surface area contributed by atoms with E-state index in [-0.39, 0.29) is 5.78 Å². The molecule has 98 valence electrons. The largest absolute Gasteiger partial charge is 0.294 e. The van der Waals surface area contributed by atoms with Crippen molar-refractivity contribution in [3.8, 4) is 0 Å². The second kappa shape index (κ2) is 7.01. The van der Waals surface area contributed by atoms with Gasteiger partial charge in [-0.3, -0.25) is 4.79 Å². The lowest BCUT2D eigenvalue weighted by molar-refractivity contribution is 0.0980. The normalized spacial score (nSPS) is 10.4. The molecule has 0 radical (unpaired) electrons. The van der Waals surface area contributed by atoms with E-state index in [1.807, 2.05) is 36.4 Å². The molecule has 0 aliphatic heterocycles. The zero-order valence-corrected chi connectivity index (χ0v) is 13.6. The molecular formula is C16H14Br2O. The number of carbonyl (C=O) groups excluding carboxylic acids is 1. The van der Waals surface area contributed by atoms with Crippen LogP contribution in [0.15, 0.2) is 57.5 Å². The molecule has 2 aromatic carbocycles. The average Bonchev–Trinajstić information content (AvgIpc) is 2.41. The highest BCUT2D eigenvalue weighted by Gasteiger charge is 2.05. The molecule has 0 spiro atoms. The standard InChI is InChI=1S/C16H14Br2O/c17-14-8-4-12(5-9-14)2-1-3-16(19)13-6-10-15(18)11-7-13/h4-11H,1-3H2. The molecule has 1 nitrogen and oxygen atoms in total. The number of Topliss-reactive ketones (excluding diaryl/α,β-unsaturated/α-hetero) is 1. The lowest BCUT2D eigenvalue weighted by Gasteiger charge is -2.03. The van der Waals surface area contributed by atoms with Gasteiger partial charge in [0.1, 0.15) is 0 Å². The van der Waals surface area contributed by atoms with Crippen LogP contribution in [-0.2, 0) is 6.42 Å². The number of halogens is 2. The van der Waals surface area contributed by atoms with Crippen molar-refractivity contribution in [2.45, 2.75) is 19.3 Å². The summed E-state index contributed by atoms with van der Waals surface area (Å²) in [5, 5.41) is 0. The molecule has 19 heavy (non-hydrogen) atoms. The number of carbonyl (C=O) groups is 1. The first kappa shape index (κ1) is 14.5. The Morgan fingerprint density at radius 1 is 0.842 bits per heavy atom. The lowest BCUT2D eigenvalue weighted by atomic mass is 10.0. The van der Waals surface area contributed by atoms with Crippen LogP contribution in [0.2, 0.25) is 0 Å². The van der Waals surface area contributed by atoms with E-state index in [9.17, 15) is 4.79 Å². The van der Waals surface area contributed by atoms with Crippen LogP contribution in [-0.4, -0.2) is 5.78 Å². The SMILES string of the molecule is O=C(CCCc1ccc(Br)cc1)c1ccc(Br)cc1. The minimum absolute atomic E-state index is 0.213. The molecule has 0 atom stereocenters. The van der Waals surface area contributed by atoms with Crippen LogP contribution in [0.3, 0.4) is 0 Å². The molecule has 0 heterocycles. The molecule has 0 N–H and O–H groups in total.